The highest BCUT2D eigenvalue weighted by molar-refractivity contribution is 7.94. The second-order valence-corrected chi connectivity index (χ2v) is 7.19. The van der Waals surface area contributed by atoms with Gasteiger partial charge in [0.25, 0.3) is 0 Å². The van der Waals surface area contributed by atoms with Gasteiger partial charge >= 0.3 is 5.97 Å². The first-order valence-electron chi connectivity index (χ1n) is 9.23. The number of nitrogens with zero attached hydrogens (tertiary/aromatic N) is 1. The molecule has 0 aromatic heterocycles. The fourth-order valence-electron chi connectivity index (χ4n) is 2.70. The van der Waals surface area contributed by atoms with Crippen LogP contribution < -0.4 is 10.5 Å². The van der Waals surface area contributed by atoms with Crippen LogP contribution in [-0.2, 0) is 16.2 Å². The van der Waals surface area contributed by atoms with E-state index in [1.165, 1.54) is 4.90 Å². The maximum absolute atomic E-state index is 11.7. The summed E-state index contributed by atoms with van der Waals surface area (Å²) < 4.78 is 16.8. The molecule has 1 saturated heterocycles. The molecule has 9 heteroatoms. The van der Waals surface area contributed by atoms with Gasteiger partial charge in [-0.15, -0.1) is 0 Å². The number of benzene rings is 1. The lowest BCUT2D eigenvalue weighted by Crippen LogP contribution is -2.40. The molecular formula is C19H29FN2O5S. The molecule has 0 aliphatic carbocycles. The number of carbonyl (C=O) groups excluding carboxylic acids is 1. The number of likely N-dealkylation sites (tertiary alicyclic amines) is 1. The number of hydrogen-bond acceptors (Lipinski definition) is 6. The highest BCUT2D eigenvalue weighted by Crippen LogP contribution is 2.19. The third kappa shape index (κ3) is 8.90. The molecule has 4 N–H and O–H groups in total. The van der Waals surface area contributed by atoms with Crippen LogP contribution >= 0.6 is 12.1 Å². The fraction of sp³-hybridized carbons (Fsp3) is 0.579. The number of carboxylic acids is 1. The van der Waals surface area contributed by atoms with Crippen LogP contribution in [0.1, 0.15) is 38.2 Å². The summed E-state index contributed by atoms with van der Waals surface area (Å²) >= 11 is 0.264. The van der Waals surface area contributed by atoms with E-state index in [0.717, 1.165) is 12.0 Å². The molecule has 1 aromatic carbocycles. The molecule has 7 nitrogen and oxygen atoms in total. The first kappa shape index (κ1) is 24.2. The minimum Gasteiger partial charge on any atom is -0.493 e. The highest BCUT2D eigenvalue weighted by atomic mass is 32.2. The van der Waals surface area contributed by atoms with E-state index in [4.69, 9.17) is 20.7 Å². The molecule has 1 aliphatic heterocycles. The molecule has 0 saturated carbocycles. The summed E-state index contributed by atoms with van der Waals surface area (Å²) in [6.45, 7) is 2.79. The molecule has 1 aromatic rings. The molecule has 0 bridgehead atoms. The highest BCUT2D eigenvalue weighted by Gasteiger charge is 2.33. The minimum atomic E-state index is -0.901. The Morgan fingerprint density at radius 3 is 2.61 bits per heavy atom. The van der Waals surface area contributed by atoms with Gasteiger partial charge in [0.05, 0.1) is 19.0 Å². The number of carbonyl (C=O) groups is 2. The molecule has 1 heterocycles. The zero-order valence-electron chi connectivity index (χ0n) is 16.1. The number of amides is 1. The van der Waals surface area contributed by atoms with Crippen LogP contribution in [0.5, 0.6) is 5.75 Å². The SMILES string of the molecule is CC(N)CCC(=O)N1CCCC1C(=O)O.OCc1ccc(OCCSF)cc1. The van der Waals surface area contributed by atoms with Crippen LogP contribution in [0.2, 0.25) is 0 Å². The minimum absolute atomic E-state index is 0.0140. The summed E-state index contributed by atoms with van der Waals surface area (Å²) in [6, 6.07) is 6.43. The van der Waals surface area contributed by atoms with Gasteiger partial charge < -0.3 is 25.6 Å². The number of ether oxygens (including phenoxy) is 1. The van der Waals surface area contributed by atoms with E-state index in [9.17, 15) is 13.5 Å². The number of aliphatic carboxylic acids is 1. The van der Waals surface area contributed by atoms with Crippen LogP contribution in [0.4, 0.5) is 3.89 Å². The number of rotatable bonds is 9. The molecule has 1 fully saturated rings. The van der Waals surface area contributed by atoms with Gasteiger partial charge in [0.15, 0.2) is 0 Å². The van der Waals surface area contributed by atoms with E-state index in [1.807, 2.05) is 6.92 Å². The third-order valence-electron chi connectivity index (χ3n) is 4.21. The Kier molecular flexibility index (Phi) is 11.5. The molecule has 0 radical (unpaired) electrons. The summed E-state index contributed by atoms with van der Waals surface area (Å²) in [6.07, 6.45) is 2.31. The van der Waals surface area contributed by atoms with Gasteiger partial charge in [-0.3, -0.25) is 4.79 Å². The van der Waals surface area contributed by atoms with E-state index < -0.39 is 12.0 Å². The normalized spacial score (nSPS) is 16.9. The van der Waals surface area contributed by atoms with E-state index >= 15 is 0 Å². The van der Waals surface area contributed by atoms with Crippen molar-refractivity contribution in [3.05, 3.63) is 29.8 Å². The van der Waals surface area contributed by atoms with Gasteiger partial charge in [-0.2, -0.15) is 3.89 Å². The Morgan fingerprint density at radius 2 is 2.07 bits per heavy atom. The van der Waals surface area contributed by atoms with Crippen molar-refractivity contribution in [3.63, 3.8) is 0 Å². The van der Waals surface area contributed by atoms with Gasteiger partial charge in [0.1, 0.15) is 11.8 Å². The number of nitrogens with two attached hydrogens (primary N) is 1. The average Bonchev–Trinajstić information content (AvgIpc) is 3.18. The van der Waals surface area contributed by atoms with Crippen molar-refractivity contribution in [2.24, 2.45) is 5.73 Å². The standard InChI is InChI=1S/C10H18N2O3.C9H11FO2S/c1-7(11)4-5-9(13)12-6-2-3-8(12)10(14)15;10-13-6-5-12-9-3-1-8(7-11)2-4-9/h7-8H,2-6,11H2,1H3,(H,14,15);1-4,11H,5-7H2. The first-order chi connectivity index (χ1) is 13.4. The van der Waals surface area contributed by atoms with Crippen LogP contribution in [0.25, 0.3) is 0 Å². The second kappa shape index (κ2) is 13.4. The number of halogens is 1. The Balaban J connectivity index is 0.000000283. The smallest absolute Gasteiger partial charge is 0.326 e. The van der Waals surface area contributed by atoms with Crippen LogP contribution in [0, 0.1) is 0 Å². The third-order valence-corrected chi connectivity index (χ3v) is 4.53. The molecule has 1 aliphatic rings. The molecular weight excluding hydrogens is 387 g/mol. The number of hydrogen-bond donors (Lipinski definition) is 3. The maximum atomic E-state index is 11.7. The summed E-state index contributed by atoms with van der Waals surface area (Å²) in [7, 11) is 0. The summed E-state index contributed by atoms with van der Waals surface area (Å²) in [5, 5.41) is 17.6. The Hall–Kier alpha value is -1.84. The Morgan fingerprint density at radius 1 is 1.39 bits per heavy atom. The summed E-state index contributed by atoms with van der Waals surface area (Å²) in [5.74, 6) is 0.0481. The molecule has 0 spiro atoms. The van der Waals surface area contributed by atoms with Gasteiger partial charge in [-0.1, -0.05) is 12.1 Å². The maximum Gasteiger partial charge on any atom is 0.326 e. The van der Waals surface area contributed by atoms with Crippen molar-refractivity contribution in [1.82, 2.24) is 4.90 Å². The van der Waals surface area contributed by atoms with Crippen molar-refractivity contribution in [2.75, 3.05) is 18.9 Å². The first-order valence-corrected chi connectivity index (χ1v) is 10.1. The molecule has 2 unspecified atom stereocenters. The van der Waals surface area contributed by atoms with Gasteiger partial charge in [0.2, 0.25) is 5.91 Å². The van der Waals surface area contributed by atoms with Gasteiger partial charge in [0, 0.05) is 31.2 Å². The van der Waals surface area contributed by atoms with E-state index in [1.54, 1.807) is 24.3 Å². The van der Waals surface area contributed by atoms with Crippen LogP contribution in [0.15, 0.2) is 24.3 Å². The lowest BCUT2D eigenvalue weighted by atomic mass is 10.1. The zero-order valence-corrected chi connectivity index (χ0v) is 16.9. The molecule has 28 heavy (non-hydrogen) atoms. The molecule has 1 amide bonds. The Labute approximate surface area is 169 Å². The van der Waals surface area contributed by atoms with E-state index in [-0.39, 0.29) is 30.7 Å². The average molecular weight is 417 g/mol. The van der Waals surface area contributed by atoms with Gasteiger partial charge in [-0.05, 0) is 43.9 Å². The molecule has 2 rings (SSSR count). The largest absolute Gasteiger partial charge is 0.493 e. The second-order valence-electron chi connectivity index (χ2n) is 6.56. The van der Waals surface area contributed by atoms with Crippen molar-refractivity contribution in [2.45, 2.75) is 51.3 Å². The number of aliphatic hydroxyl groups is 1. The summed E-state index contributed by atoms with van der Waals surface area (Å²) in [5.41, 5.74) is 6.39. The van der Waals surface area contributed by atoms with Crippen molar-refractivity contribution in [1.29, 1.82) is 0 Å². The quantitative estimate of drug-likeness (QED) is 0.530. The topological polar surface area (TPSA) is 113 Å². The predicted molar refractivity (Wildman–Crippen MR) is 107 cm³/mol. The number of aliphatic hydroxyl groups excluding tert-OH is 1. The molecule has 2 atom stereocenters. The fourth-order valence-corrected chi connectivity index (χ4v) is 2.85. The van der Waals surface area contributed by atoms with Gasteiger partial charge in [-0.25, -0.2) is 4.79 Å². The van der Waals surface area contributed by atoms with Crippen molar-refractivity contribution < 1.29 is 28.4 Å². The Bertz CT molecular complexity index is 600. The lowest BCUT2D eigenvalue weighted by Gasteiger charge is -2.21. The van der Waals surface area contributed by atoms with E-state index in [0.29, 0.717) is 43.9 Å². The lowest BCUT2D eigenvalue weighted by molar-refractivity contribution is -0.148. The summed E-state index contributed by atoms with van der Waals surface area (Å²) in [4.78, 5) is 24.0. The van der Waals surface area contributed by atoms with Crippen molar-refractivity contribution >= 4 is 24.0 Å². The molecule has 158 valence electrons. The predicted octanol–water partition coefficient (Wildman–Crippen LogP) is 2.36. The van der Waals surface area contributed by atoms with Crippen molar-refractivity contribution in [3.8, 4) is 5.75 Å². The van der Waals surface area contributed by atoms with E-state index in [2.05, 4.69) is 0 Å². The monoisotopic (exact) mass is 416 g/mol. The van der Waals surface area contributed by atoms with Crippen LogP contribution in [0.3, 0.4) is 0 Å². The number of carboxylic acid groups (broad SMARTS) is 1. The van der Waals surface area contributed by atoms with Crippen LogP contribution in [-0.4, -0.2) is 58.0 Å². The zero-order chi connectivity index (χ0) is 20.9.